The summed E-state index contributed by atoms with van der Waals surface area (Å²) in [6.45, 7) is 11.2. The normalized spacial score (nSPS) is 22.1. The number of carbonyl (C=O) groups is 1. The highest BCUT2D eigenvalue weighted by molar-refractivity contribution is 5.97. The van der Waals surface area contributed by atoms with E-state index in [1.165, 1.54) is 25.9 Å². The van der Waals surface area contributed by atoms with Crippen LogP contribution in [0.1, 0.15) is 59.3 Å². The van der Waals surface area contributed by atoms with Gasteiger partial charge in [-0.05, 0) is 88.1 Å². The minimum Gasteiger partial charge on any atom is -0.494 e. The molecule has 3 rings (SSSR count). The van der Waals surface area contributed by atoms with Crippen molar-refractivity contribution in [3.63, 3.8) is 0 Å². The molecule has 1 N–H and O–H groups in total. The van der Waals surface area contributed by atoms with E-state index in [0.717, 1.165) is 56.2 Å². The number of nitrogens with one attached hydrogen (secondary N) is 1. The molecule has 0 spiro atoms. The molecule has 1 aromatic rings. The molecular formula is C24H38N2O3. The van der Waals surface area contributed by atoms with Crippen LogP contribution in [-0.4, -0.2) is 49.3 Å². The molecule has 162 valence electrons. The molecule has 2 aliphatic rings. The summed E-state index contributed by atoms with van der Waals surface area (Å²) in [7, 11) is 0. The molecule has 1 saturated heterocycles. The first-order chi connectivity index (χ1) is 14.0. The Kier molecular flexibility index (Phi) is 7.96. The number of piperidine rings is 1. The zero-order valence-electron chi connectivity index (χ0n) is 18.4. The number of carbonyl (C=O) groups excluding carboxylic acids is 1. The average Bonchev–Trinajstić information content (AvgIpc) is 3.56. The molecule has 5 heteroatoms. The van der Waals surface area contributed by atoms with Crippen LogP contribution in [0.5, 0.6) is 5.75 Å². The van der Waals surface area contributed by atoms with Crippen molar-refractivity contribution in [3.8, 4) is 5.75 Å². The number of ether oxygens (including phenoxy) is 2. The van der Waals surface area contributed by atoms with Gasteiger partial charge in [0.15, 0.2) is 0 Å². The first-order valence-corrected chi connectivity index (χ1v) is 11.4. The van der Waals surface area contributed by atoms with E-state index in [4.69, 9.17) is 9.47 Å². The lowest BCUT2D eigenvalue weighted by atomic mass is 9.98. The Hall–Kier alpha value is -1.59. The Morgan fingerprint density at radius 1 is 1.21 bits per heavy atom. The molecule has 0 bridgehead atoms. The van der Waals surface area contributed by atoms with Gasteiger partial charge in [0.2, 0.25) is 0 Å². The smallest absolute Gasteiger partial charge is 0.256 e. The molecule has 2 fully saturated rings. The minimum absolute atomic E-state index is 0.0436. The first-order valence-electron chi connectivity index (χ1n) is 11.4. The zero-order chi connectivity index (χ0) is 20.7. The summed E-state index contributed by atoms with van der Waals surface area (Å²) < 4.78 is 11.8. The van der Waals surface area contributed by atoms with Gasteiger partial charge in [-0.3, -0.25) is 4.79 Å². The molecule has 1 saturated carbocycles. The van der Waals surface area contributed by atoms with E-state index >= 15 is 0 Å². The van der Waals surface area contributed by atoms with E-state index in [0.29, 0.717) is 12.5 Å². The molecule has 1 amide bonds. The lowest BCUT2D eigenvalue weighted by Gasteiger charge is -2.30. The van der Waals surface area contributed by atoms with Gasteiger partial charge in [-0.25, -0.2) is 0 Å². The van der Waals surface area contributed by atoms with E-state index in [2.05, 4.69) is 24.1 Å². The second-order valence-corrected chi connectivity index (χ2v) is 8.96. The number of amides is 1. The van der Waals surface area contributed by atoms with Crippen molar-refractivity contribution in [2.45, 2.75) is 64.9 Å². The van der Waals surface area contributed by atoms with Crippen molar-refractivity contribution in [2.75, 3.05) is 38.2 Å². The highest BCUT2D eigenvalue weighted by atomic mass is 16.5. The van der Waals surface area contributed by atoms with Gasteiger partial charge in [-0.2, -0.15) is 0 Å². The highest BCUT2D eigenvalue weighted by Gasteiger charge is 2.48. The fourth-order valence-electron chi connectivity index (χ4n) is 4.17. The van der Waals surface area contributed by atoms with Crippen LogP contribution in [0.4, 0.5) is 5.69 Å². The van der Waals surface area contributed by atoms with Gasteiger partial charge in [-0.15, -0.1) is 0 Å². The summed E-state index contributed by atoms with van der Waals surface area (Å²) >= 11 is 0. The lowest BCUT2D eigenvalue weighted by molar-refractivity contribution is -0.142. The quantitative estimate of drug-likeness (QED) is 0.544. The molecule has 0 aromatic heterocycles. The summed E-state index contributed by atoms with van der Waals surface area (Å²) in [6.07, 6.45) is 6.77. The molecule has 1 aliphatic heterocycles. The Morgan fingerprint density at radius 2 is 1.97 bits per heavy atom. The largest absolute Gasteiger partial charge is 0.494 e. The second kappa shape index (κ2) is 10.4. The van der Waals surface area contributed by atoms with Crippen LogP contribution in [0.25, 0.3) is 0 Å². The number of nitrogens with zero attached hydrogens (tertiary/aromatic N) is 1. The standard InChI is InChI=1S/C24H38N2O3/c1-4-16-29-24(3,20-8-9-20)23(27)25-21-10-12-22(13-11-21)28-17-6-15-26-14-5-7-19(2)18-26/h10-13,19-20H,4-9,14-18H2,1-3H3,(H,25,27)/t19-,24+/m0/s1. The predicted octanol–water partition coefficient (Wildman–Crippen LogP) is 4.72. The van der Waals surface area contributed by atoms with Crippen molar-refractivity contribution in [1.82, 2.24) is 4.90 Å². The molecule has 1 aliphatic carbocycles. The molecule has 29 heavy (non-hydrogen) atoms. The second-order valence-electron chi connectivity index (χ2n) is 8.96. The molecule has 0 radical (unpaired) electrons. The highest BCUT2D eigenvalue weighted by Crippen LogP contribution is 2.42. The molecule has 0 unspecified atom stereocenters. The summed E-state index contributed by atoms with van der Waals surface area (Å²) in [5.41, 5.74) is 0.0635. The van der Waals surface area contributed by atoms with Gasteiger partial charge in [0.05, 0.1) is 6.61 Å². The third-order valence-electron chi connectivity index (χ3n) is 6.15. The van der Waals surface area contributed by atoms with Gasteiger partial charge < -0.3 is 19.7 Å². The number of rotatable bonds is 11. The van der Waals surface area contributed by atoms with Gasteiger partial charge in [0.1, 0.15) is 11.4 Å². The van der Waals surface area contributed by atoms with Crippen molar-refractivity contribution in [2.24, 2.45) is 11.8 Å². The molecule has 1 heterocycles. The number of anilines is 1. The monoisotopic (exact) mass is 402 g/mol. The van der Waals surface area contributed by atoms with Crippen molar-refractivity contribution >= 4 is 11.6 Å². The predicted molar refractivity (Wildman–Crippen MR) is 117 cm³/mol. The molecule has 1 aromatic carbocycles. The topological polar surface area (TPSA) is 50.8 Å². The Bertz CT molecular complexity index is 644. The van der Waals surface area contributed by atoms with Crippen molar-refractivity contribution in [3.05, 3.63) is 24.3 Å². The van der Waals surface area contributed by atoms with Crippen LogP contribution in [-0.2, 0) is 9.53 Å². The van der Waals surface area contributed by atoms with Crippen LogP contribution in [0.3, 0.4) is 0 Å². The number of hydrogen-bond donors (Lipinski definition) is 1. The minimum atomic E-state index is -0.725. The van der Waals surface area contributed by atoms with E-state index in [9.17, 15) is 4.79 Å². The molecule has 2 atom stereocenters. The third-order valence-corrected chi connectivity index (χ3v) is 6.15. The van der Waals surface area contributed by atoms with Crippen LogP contribution < -0.4 is 10.1 Å². The fraction of sp³-hybridized carbons (Fsp3) is 0.708. The van der Waals surface area contributed by atoms with Gasteiger partial charge >= 0.3 is 0 Å². The van der Waals surface area contributed by atoms with Gasteiger partial charge in [-0.1, -0.05) is 13.8 Å². The lowest BCUT2D eigenvalue weighted by Crippen LogP contribution is -2.45. The number of likely N-dealkylation sites (tertiary alicyclic amines) is 1. The Balaban J connectivity index is 1.41. The number of hydrogen-bond acceptors (Lipinski definition) is 4. The van der Waals surface area contributed by atoms with Crippen molar-refractivity contribution in [1.29, 1.82) is 0 Å². The average molecular weight is 403 g/mol. The first kappa shape index (κ1) is 22.1. The van der Waals surface area contributed by atoms with Crippen LogP contribution in [0, 0.1) is 11.8 Å². The Morgan fingerprint density at radius 3 is 2.62 bits per heavy atom. The Labute approximate surface area is 176 Å². The maximum absolute atomic E-state index is 12.8. The molecule has 5 nitrogen and oxygen atoms in total. The van der Waals surface area contributed by atoms with Gasteiger partial charge in [0, 0.05) is 25.4 Å². The van der Waals surface area contributed by atoms with Crippen LogP contribution in [0.2, 0.25) is 0 Å². The fourth-order valence-corrected chi connectivity index (χ4v) is 4.17. The van der Waals surface area contributed by atoms with E-state index in [1.54, 1.807) is 0 Å². The number of benzene rings is 1. The zero-order valence-corrected chi connectivity index (χ0v) is 18.4. The van der Waals surface area contributed by atoms with Gasteiger partial charge in [0.25, 0.3) is 5.91 Å². The third kappa shape index (κ3) is 6.45. The summed E-state index contributed by atoms with van der Waals surface area (Å²) in [6, 6.07) is 7.68. The van der Waals surface area contributed by atoms with Crippen molar-refractivity contribution < 1.29 is 14.3 Å². The summed E-state index contributed by atoms with van der Waals surface area (Å²) in [5, 5.41) is 3.03. The molecular weight excluding hydrogens is 364 g/mol. The van der Waals surface area contributed by atoms with E-state index in [-0.39, 0.29) is 5.91 Å². The SMILES string of the molecule is CCCO[C@@](C)(C(=O)Nc1ccc(OCCCN2CCC[C@H](C)C2)cc1)C1CC1. The van der Waals surface area contributed by atoms with Crippen LogP contribution in [0.15, 0.2) is 24.3 Å². The van der Waals surface area contributed by atoms with E-state index < -0.39 is 5.60 Å². The van der Waals surface area contributed by atoms with E-state index in [1.807, 2.05) is 31.2 Å². The maximum atomic E-state index is 12.8. The summed E-state index contributed by atoms with van der Waals surface area (Å²) in [5.74, 6) is 1.96. The maximum Gasteiger partial charge on any atom is 0.256 e. The summed E-state index contributed by atoms with van der Waals surface area (Å²) in [4.78, 5) is 15.4. The van der Waals surface area contributed by atoms with Crippen LogP contribution >= 0.6 is 0 Å².